The Bertz CT molecular complexity index is 878. The highest BCUT2D eigenvalue weighted by atomic mass is 19.1. The number of primary amides is 1. The van der Waals surface area contributed by atoms with Gasteiger partial charge in [0, 0.05) is 11.8 Å². The van der Waals surface area contributed by atoms with E-state index in [4.69, 9.17) is 11.5 Å². The van der Waals surface area contributed by atoms with Crippen molar-refractivity contribution in [1.29, 1.82) is 0 Å². The number of H-pyrrole nitrogens is 1. The van der Waals surface area contributed by atoms with Gasteiger partial charge >= 0.3 is 0 Å². The average Bonchev–Trinajstić information content (AvgIpc) is 2.96. The van der Waals surface area contributed by atoms with Gasteiger partial charge in [0.1, 0.15) is 17.2 Å². The maximum atomic E-state index is 13.2. The topological polar surface area (TPSA) is 148 Å². The van der Waals surface area contributed by atoms with Crippen molar-refractivity contribution >= 4 is 23.5 Å². The van der Waals surface area contributed by atoms with Gasteiger partial charge in [0.05, 0.1) is 0 Å². The summed E-state index contributed by atoms with van der Waals surface area (Å²) in [5, 5.41) is 9.17. The summed E-state index contributed by atoms with van der Waals surface area (Å²) in [6.45, 7) is 0. The fourth-order valence-electron chi connectivity index (χ4n) is 1.82. The lowest BCUT2D eigenvalue weighted by atomic mass is 10.3. The first-order valence-corrected chi connectivity index (χ1v) is 6.41. The summed E-state index contributed by atoms with van der Waals surface area (Å²) in [4.78, 5) is 23.1. The fraction of sp³-hybridized carbons (Fsp3) is 0. The zero-order valence-corrected chi connectivity index (χ0v) is 11.6. The number of aromatic nitrogens is 5. The number of aromatic amines is 1. The molecule has 0 aliphatic rings. The van der Waals surface area contributed by atoms with E-state index in [1.807, 2.05) is 0 Å². The third kappa shape index (κ3) is 3.20. The van der Waals surface area contributed by atoms with E-state index in [9.17, 15) is 9.18 Å². The van der Waals surface area contributed by atoms with Gasteiger partial charge in [-0.1, -0.05) is 6.07 Å². The molecule has 0 radical (unpaired) electrons. The lowest BCUT2D eigenvalue weighted by Crippen LogP contribution is -2.11. The van der Waals surface area contributed by atoms with Gasteiger partial charge in [-0.15, -0.1) is 0 Å². The van der Waals surface area contributed by atoms with Crippen molar-refractivity contribution in [2.45, 2.75) is 0 Å². The zero-order valence-electron chi connectivity index (χ0n) is 11.6. The third-order valence-electron chi connectivity index (χ3n) is 2.81. The van der Waals surface area contributed by atoms with Gasteiger partial charge in [0.15, 0.2) is 5.82 Å². The van der Waals surface area contributed by atoms with Crippen LogP contribution in [0, 0.1) is 5.82 Å². The Hall–Kier alpha value is -3.56. The summed E-state index contributed by atoms with van der Waals surface area (Å²) in [6, 6.07) is 7.16. The number of amides is 1. The van der Waals surface area contributed by atoms with Crippen LogP contribution in [-0.4, -0.2) is 31.1 Å². The molecule has 10 heteroatoms. The lowest BCUT2D eigenvalue weighted by Gasteiger charge is -2.06. The standard InChI is InChI=1S/C13H11FN8O/c14-6-2-1-3-7(4-6)17-13-19-11(18-12(16)20-13)9-5-8(10(15)23)21-22-9/h1-5H,(H2,15,23)(H,21,22)(H3,16,17,18,19,20). The van der Waals surface area contributed by atoms with Gasteiger partial charge in [-0.25, -0.2) is 4.39 Å². The number of rotatable bonds is 4. The van der Waals surface area contributed by atoms with Crippen molar-refractivity contribution in [3.8, 4) is 11.5 Å². The highest BCUT2D eigenvalue weighted by Crippen LogP contribution is 2.18. The van der Waals surface area contributed by atoms with Gasteiger partial charge < -0.3 is 16.8 Å². The van der Waals surface area contributed by atoms with Crippen LogP contribution < -0.4 is 16.8 Å². The Morgan fingerprint density at radius 2 is 2.04 bits per heavy atom. The van der Waals surface area contributed by atoms with E-state index >= 15 is 0 Å². The van der Waals surface area contributed by atoms with Gasteiger partial charge in [0.2, 0.25) is 11.9 Å². The Balaban J connectivity index is 1.93. The fourth-order valence-corrected chi connectivity index (χ4v) is 1.82. The highest BCUT2D eigenvalue weighted by molar-refractivity contribution is 5.91. The Morgan fingerprint density at radius 1 is 1.22 bits per heavy atom. The molecule has 6 N–H and O–H groups in total. The number of halogens is 1. The largest absolute Gasteiger partial charge is 0.368 e. The molecule has 9 nitrogen and oxygen atoms in total. The number of carbonyl (C=O) groups excluding carboxylic acids is 1. The number of nitrogen functional groups attached to an aromatic ring is 1. The molecular formula is C13H11FN8O. The number of anilines is 3. The van der Waals surface area contributed by atoms with Crippen LogP contribution in [0.25, 0.3) is 11.5 Å². The van der Waals surface area contributed by atoms with Crippen LogP contribution in [0.15, 0.2) is 30.3 Å². The van der Waals surface area contributed by atoms with Crippen molar-refractivity contribution in [1.82, 2.24) is 25.1 Å². The first-order valence-electron chi connectivity index (χ1n) is 6.41. The van der Waals surface area contributed by atoms with Crippen molar-refractivity contribution in [2.24, 2.45) is 5.73 Å². The van der Waals surface area contributed by atoms with E-state index in [1.165, 1.54) is 24.3 Å². The summed E-state index contributed by atoms with van der Waals surface area (Å²) in [5.74, 6) is -0.876. The Labute approximate surface area is 129 Å². The second-order valence-corrected chi connectivity index (χ2v) is 4.51. The van der Waals surface area contributed by atoms with Crippen LogP contribution in [0.4, 0.5) is 22.0 Å². The molecule has 1 amide bonds. The molecule has 0 aliphatic carbocycles. The number of nitrogens with zero attached hydrogens (tertiary/aromatic N) is 4. The van der Waals surface area contributed by atoms with Crippen molar-refractivity contribution < 1.29 is 9.18 Å². The molecule has 3 rings (SSSR count). The van der Waals surface area contributed by atoms with Crippen molar-refractivity contribution in [3.05, 3.63) is 41.8 Å². The molecule has 1 aromatic carbocycles. The average molecular weight is 314 g/mol. The molecule has 2 aromatic heterocycles. The minimum atomic E-state index is -0.663. The molecule has 0 spiro atoms. The summed E-state index contributed by atoms with van der Waals surface area (Å²) >= 11 is 0. The number of nitrogens with two attached hydrogens (primary N) is 2. The van der Waals surface area contributed by atoms with Crippen molar-refractivity contribution in [2.75, 3.05) is 11.1 Å². The molecule has 0 bridgehead atoms. The quantitative estimate of drug-likeness (QED) is 0.557. The Kier molecular flexibility index (Phi) is 3.55. The SMILES string of the molecule is NC(=O)c1cc(-c2nc(N)nc(Nc3cccc(F)c3)n2)n[nH]1. The predicted octanol–water partition coefficient (Wildman–Crippen LogP) is 0.825. The van der Waals surface area contributed by atoms with Crippen LogP contribution in [0.5, 0.6) is 0 Å². The number of hydrogen-bond acceptors (Lipinski definition) is 7. The summed E-state index contributed by atoms with van der Waals surface area (Å²) < 4.78 is 13.2. The van der Waals surface area contributed by atoms with Crippen LogP contribution >= 0.6 is 0 Å². The van der Waals surface area contributed by atoms with E-state index in [1.54, 1.807) is 6.07 Å². The van der Waals surface area contributed by atoms with Crippen LogP contribution in [-0.2, 0) is 0 Å². The molecule has 0 fully saturated rings. The first-order chi connectivity index (χ1) is 11.0. The first kappa shape index (κ1) is 14.4. The number of benzene rings is 1. The van der Waals surface area contributed by atoms with Crippen LogP contribution in [0.2, 0.25) is 0 Å². The molecular weight excluding hydrogens is 303 g/mol. The van der Waals surface area contributed by atoms with E-state index in [2.05, 4.69) is 30.5 Å². The zero-order chi connectivity index (χ0) is 16.4. The minimum Gasteiger partial charge on any atom is -0.368 e. The van der Waals surface area contributed by atoms with Gasteiger partial charge in [-0.3, -0.25) is 9.89 Å². The summed E-state index contributed by atoms with van der Waals surface area (Å²) in [5.41, 5.74) is 11.6. The molecule has 0 aliphatic heterocycles. The number of hydrogen-bond donors (Lipinski definition) is 4. The summed E-state index contributed by atoms with van der Waals surface area (Å²) in [7, 11) is 0. The number of carbonyl (C=O) groups is 1. The molecule has 23 heavy (non-hydrogen) atoms. The molecule has 0 saturated heterocycles. The lowest BCUT2D eigenvalue weighted by molar-refractivity contribution is 0.0995. The smallest absolute Gasteiger partial charge is 0.266 e. The predicted molar refractivity (Wildman–Crippen MR) is 80.0 cm³/mol. The monoisotopic (exact) mass is 314 g/mol. The van der Waals surface area contributed by atoms with E-state index < -0.39 is 11.7 Å². The second kappa shape index (κ2) is 5.67. The minimum absolute atomic E-state index is 0.0578. The van der Waals surface area contributed by atoms with Gasteiger partial charge in [-0.05, 0) is 18.2 Å². The molecule has 2 heterocycles. The number of nitrogens with one attached hydrogen (secondary N) is 2. The van der Waals surface area contributed by atoms with E-state index in [-0.39, 0.29) is 29.1 Å². The molecule has 0 atom stereocenters. The van der Waals surface area contributed by atoms with Crippen LogP contribution in [0.1, 0.15) is 10.5 Å². The molecule has 3 aromatic rings. The van der Waals surface area contributed by atoms with Crippen molar-refractivity contribution in [3.63, 3.8) is 0 Å². The highest BCUT2D eigenvalue weighted by Gasteiger charge is 2.13. The molecule has 0 unspecified atom stereocenters. The van der Waals surface area contributed by atoms with E-state index in [0.717, 1.165) is 0 Å². The molecule has 0 saturated carbocycles. The summed E-state index contributed by atoms with van der Waals surface area (Å²) in [6.07, 6.45) is 0. The Morgan fingerprint density at radius 3 is 2.74 bits per heavy atom. The second-order valence-electron chi connectivity index (χ2n) is 4.51. The maximum absolute atomic E-state index is 13.2. The normalized spacial score (nSPS) is 10.5. The van der Waals surface area contributed by atoms with Gasteiger partial charge in [0.25, 0.3) is 5.91 Å². The maximum Gasteiger partial charge on any atom is 0.266 e. The van der Waals surface area contributed by atoms with Crippen LogP contribution in [0.3, 0.4) is 0 Å². The molecule has 116 valence electrons. The van der Waals surface area contributed by atoms with E-state index in [0.29, 0.717) is 5.69 Å². The van der Waals surface area contributed by atoms with Gasteiger partial charge in [-0.2, -0.15) is 20.1 Å². The third-order valence-corrected chi connectivity index (χ3v) is 2.81.